The first kappa shape index (κ1) is 26.8. The number of halogens is 1. The van der Waals surface area contributed by atoms with Crippen LogP contribution in [0.4, 0.5) is 5.69 Å². The molecular formula is C30H29ClN6O4. The first-order valence-corrected chi connectivity index (χ1v) is 13.4. The summed E-state index contributed by atoms with van der Waals surface area (Å²) in [5.41, 5.74) is 6.04. The fourth-order valence-corrected chi connectivity index (χ4v) is 5.15. The van der Waals surface area contributed by atoms with E-state index < -0.39 is 0 Å². The van der Waals surface area contributed by atoms with E-state index in [1.807, 2.05) is 60.8 Å². The molecule has 1 fully saturated rings. The molecule has 2 aromatic heterocycles. The summed E-state index contributed by atoms with van der Waals surface area (Å²) < 4.78 is 23.9. The highest BCUT2D eigenvalue weighted by atomic mass is 35.5. The van der Waals surface area contributed by atoms with Crippen LogP contribution in [0.25, 0.3) is 33.3 Å². The van der Waals surface area contributed by atoms with Crippen molar-refractivity contribution in [1.82, 2.24) is 25.3 Å². The number of methoxy groups -OCH3 is 3. The summed E-state index contributed by atoms with van der Waals surface area (Å²) in [6.45, 7) is 1.96. The molecule has 3 heterocycles. The van der Waals surface area contributed by atoms with E-state index in [0.717, 1.165) is 62.6 Å². The molecule has 1 saturated heterocycles. The van der Waals surface area contributed by atoms with E-state index >= 15 is 0 Å². The molecule has 0 saturated carbocycles. The molecule has 11 heteroatoms. The van der Waals surface area contributed by atoms with Gasteiger partial charge in [0.2, 0.25) is 6.35 Å². The van der Waals surface area contributed by atoms with E-state index in [0.29, 0.717) is 23.9 Å². The van der Waals surface area contributed by atoms with Gasteiger partial charge in [-0.3, -0.25) is 5.32 Å². The Kier molecular flexibility index (Phi) is 7.60. The quantitative estimate of drug-likeness (QED) is 0.236. The molecule has 1 aliphatic heterocycles. The number of benzene rings is 3. The van der Waals surface area contributed by atoms with E-state index in [4.69, 9.17) is 35.6 Å². The van der Waals surface area contributed by atoms with Crippen LogP contribution in [0.2, 0.25) is 5.02 Å². The van der Waals surface area contributed by atoms with Crippen LogP contribution in [0, 0.1) is 0 Å². The summed E-state index contributed by atoms with van der Waals surface area (Å²) in [5.74, 6) is 2.05. The maximum Gasteiger partial charge on any atom is 0.206 e. The van der Waals surface area contributed by atoms with Crippen LogP contribution in [0.5, 0.6) is 17.2 Å². The van der Waals surface area contributed by atoms with Crippen LogP contribution in [0.3, 0.4) is 0 Å². The van der Waals surface area contributed by atoms with Crippen LogP contribution >= 0.6 is 11.6 Å². The van der Waals surface area contributed by atoms with E-state index in [-0.39, 0.29) is 6.35 Å². The average molecular weight is 573 g/mol. The lowest BCUT2D eigenvalue weighted by molar-refractivity contribution is 0.0345. The van der Waals surface area contributed by atoms with Crippen LogP contribution < -0.4 is 24.8 Å². The zero-order chi connectivity index (χ0) is 28.3. The average Bonchev–Trinajstić information content (AvgIpc) is 3.72. The number of hydrogen-bond donors (Lipinski definition) is 2. The molecular weight excluding hydrogens is 544 g/mol. The van der Waals surface area contributed by atoms with Crippen LogP contribution in [0.15, 0.2) is 67.0 Å². The van der Waals surface area contributed by atoms with Gasteiger partial charge >= 0.3 is 0 Å². The number of anilines is 1. The van der Waals surface area contributed by atoms with Crippen molar-refractivity contribution < 1.29 is 18.9 Å². The molecule has 0 amide bonds. The van der Waals surface area contributed by atoms with Crippen molar-refractivity contribution in [3.8, 4) is 39.6 Å². The molecule has 41 heavy (non-hydrogen) atoms. The number of nitrogens with zero attached hydrogens (tertiary/aromatic N) is 4. The fourth-order valence-electron chi connectivity index (χ4n) is 4.91. The Bertz CT molecular complexity index is 1700. The van der Waals surface area contributed by atoms with Crippen molar-refractivity contribution in [1.29, 1.82) is 0 Å². The third kappa shape index (κ3) is 5.37. The molecule has 0 spiro atoms. The Morgan fingerprint density at radius 1 is 1.00 bits per heavy atom. The van der Waals surface area contributed by atoms with E-state index in [1.54, 1.807) is 32.2 Å². The minimum atomic E-state index is -0.291. The van der Waals surface area contributed by atoms with Crippen LogP contribution in [-0.4, -0.2) is 54.5 Å². The van der Waals surface area contributed by atoms with Crippen molar-refractivity contribution in [2.75, 3.05) is 39.8 Å². The van der Waals surface area contributed by atoms with Crippen molar-refractivity contribution in [3.63, 3.8) is 0 Å². The third-order valence-corrected chi connectivity index (χ3v) is 7.32. The lowest BCUT2D eigenvalue weighted by Crippen LogP contribution is -2.21. The van der Waals surface area contributed by atoms with Crippen molar-refractivity contribution in [2.45, 2.75) is 12.9 Å². The monoisotopic (exact) mass is 572 g/mol. The Hall–Kier alpha value is -4.38. The zero-order valence-corrected chi connectivity index (χ0v) is 23.6. The lowest BCUT2D eigenvalue weighted by atomic mass is 9.96. The van der Waals surface area contributed by atoms with Crippen LogP contribution in [-0.2, 0) is 11.3 Å². The Morgan fingerprint density at radius 2 is 1.88 bits per heavy atom. The molecule has 0 aliphatic carbocycles. The normalized spacial score (nSPS) is 14.8. The molecule has 1 atom stereocenters. The summed E-state index contributed by atoms with van der Waals surface area (Å²) in [7, 11) is 4.88. The number of ether oxygens (including phenoxy) is 4. The van der Waals surface area contributed by atoms with Crippen LogP contribution in [0.1, 0.15) is 11.9 Å². The molecule has 210 valence electrons. The minimum absolute atomic E-state index is 0.291. The number of hydrogen-bond acceptors (Lipinski definition) is 9. The smallest absolute Gasteiger partial charge is 0.206 e. The van der Waals surface area contributed by atoms with E-state index in [2.05, 4.69) is 20.8 Å². The Labute approximate surface area is 242 Å². The first-order chi connectivity index (χ1) is 20.1. The molecule has 5 aromatic rings. The molecule has 2 N–H and O–H groups in total. The molecule has 10 nitrogen and oxygen atoms in total. The summed E-state index contributed by atoms with van der Waals surface area (Å²) in [6.07, 6.45) is 3.32. The minimum Gasteiger partial charge on any atom is -0.497 e. The number of aromatic nitrogens is 4. The predicted molar refractivity (Wildman–Crippen MR) is 158 cm³/mol. The van der Waals surface area contributed by atoms with Gasteiger partial charge in [-0.25, -0.2) is 4.68 Å². The molecule has 3 aromatic carbocycles. The van der Waals surface area contributed by atoms with Gasteiger partial charge in [0, 0.05) is 41.9 Å². The SMILES string of the molecule is COc1ccc(CNc2cnnc3cc(-c4cc(Cl)c(OC)cc4-c4ccn(C5NCCO5)n4)ccc23)c(OC)c1. The number of rotatable bonds is 9. The van der Waals surface area contributed by atoms with Gasteiger partial charge in [-0.2, -0.15) is 15.3 Å². The highest BCUT2D eigenvalue weighted by Gasteiger charge is 2.20. The topological polar surface area (TPSA) is 105 Å². The second-order valence-corrected chi connectivity index (χ2v) is 9.82. The summed E-state index contributed by atoms with van der Waals surface area (Å²) in [4.78, 5) is 0. The van der Waals surface area contributed by atoms with Gasteiger partial charge in [0.1, 0.15) is 17.2 Å². The largest absolute Gasteiger partial charge is 0.497 e. The highest BCUT2D eigenvalue weighted by molar-refractivity contribution is 6.32. The van der Waals surface area contributed by atoms with Gasteiger partial charge in [-0.15, -0.1) is 0 Å². The van der Waals surface area contributed by atoms with Gasteiger partial charge in [0.15, 0.2) is 0 Å². The second kappa shape index (κ2) is 11.6. The zero-order valence-electron chi connectivity index (χ0n) is 22.8. The van der Waals surface area contributed by atoms with Gasteiger partial charge < -0.3 is 24.3 Å². The summed E-state index contributed by atoms with van der Waals surface area (Å²) in [5, 5.41) is 21.6. The second-order valence-electron chi connectivity index (χ2n) is 9.41. The summed E-state index contributed by atoms with van der Waals surface area (Å²) in [6, 6.07) is 17.6. The highest BCUT2D eigenvalue weighted by Crippen LogP contribution is 2.40. The molecule has 6 rings (SSSR count). The van der Waals surface area contributed by atoms with Gasteiger partial charge in [-0.05, 0) is 53.6 Å². The predicted octanol–water partition coefficient (Wildman–Crippen LogP) is 5.53. The molecule has 1 aliphatic rings. The molecule has 0 radical (unpaired) electrons. The van der Waals surface area contributed by atoms with E-state index in [9.17, 15) is 0 Å². The van der Waals surface area contributed by atoms with E-state index in [1.165, 1.54) is 0 Å². The Balaban J connectivity index is 1.34. The summed E-state index contributed by atoms with van der Waals surface area (Å²) >= 11 is 6.60. The maximum atomic E-state index is 6.60. The van der Waals surface area contributed by atoms with Gasteiger partial charge in [0.25, 0.3) is 0 Å². The Morgan fingerprint density at radius 3 is 2.66 bits per heavy atom. The fraction of sp³-hybridized carbons (Fsp3) is 0.233. The number of nitrogens with one attached hydrogen (secondary N) is 2. The lowest BCUT2D eigenvalue weighted by Gasteiger charge is -2.15. The van der Waals surface area contributed by atoms with Gasteiger partial charge in [0.05, 0.1) is 56.1 Å². The van der Waals surface area contributed by atoms with Gasteiger partial charge in [-0.1, -0.05) is 17.7 Å². The maximum absolute atomic E-state index is 6.60. The first-order valence-electron chi connectivity index (χ1n) is 13.1. The molecule has 1 unspecified atom stereocenters. The standard InChI is InChI=1S/C30H29ClN6O4/c1-38-20-6-4-19(28(13-20)39-2)16-33-27-17-34-35-26-12-18(5-7-21(26)27)22-14-24(31)29(40-3)15-23(22)25-8-10-37(36-25)30-32-9-11-41-30/h4-8,10,12-15,17,30,32H,9,11,16H2,1-3H3,(H,33,35). The number of fused-ring (bicyclic) bond motifs is 1. The van der Waals surface area contributed by atoms with Crippen molar-refractivity contribution >= 4 is 28.2 Å². The third-order valence-electron chi connectivity index (χ3n) is 7.03. The van der Waals surface area contributed by atoms with Crippen molar-refractivity contribution in [2.24, 2.45) is 0 Å². The molecule has 0 bridgehead atoms. The van der Waals surface area contributed by atoms with Crippen molar-refractivity contribution in [3.05, 3.63) is 77.6 Å².